The average Bonchev–Trinajstić information content (AvgIpc) is 2.57. The first-order valence-electron chi connectivity index (χ1n) is 8.27. The van der Waals surface area contributed by atoms with E-state index in [1.54, 1.807) is 32.9 Å². The molecule has 0 heterocycles. The Hall–Kier alpha value is -3.10. The quantitative estimate of drug-likeness (QED) is 0.509. The van der Waals surface area contributed by atoms with Crippen LogP contribution in [0.4, 0.5) is 4.79 Å². The summed E-state index contributed by atoms with van der Waals surface area (Å²) in [7, 11) is 0. The first-order valence-corrected chi connectivity index (χ1v) is 8.27. The number of hydrogen-bond donors (Lipinski definition) is 4. The molecule has 9 heteroatoms. The summed E-state index contributed by atoms with van der Waals surface area (Å²) in [5.41, 5.74) is -0.0569. The molecule has 3 amide bonds. The van der Waals surface area contributed by atoms with Crippen LogP contribution < -0.4 is 16.0 Å². The van der Waals surface area contributed by atoms with E-state index in [-0.39, 0.29) is 25.3 Å². The summed E-state index contributed by atoms with van der Waals surface area (Å²) in [4.78, 5) is 46.0. The summed E-state index contributed by atoms with van der Waals surface area (Å²) in [6, 6.07) is 5.13. The minimum Gasteiger partial charge on any atom is -0.508 e. The Kier molecular flexibility index (Phi) is 8.25. The maximum atomic E-state index is 12.4. The van der Waals surface area contributed by atoms with Crippen LogP contribution >= 0.6 is 0 Å². The Bertz CT molecular complexity index is 667. The van der Waals surface area contributed by atoms with Gasteiger partial charge >= 0.3 is 6.09 Å². The van der Waals surface area contributed by atoms with Gasteiger partial charge < -0.3 is 25.8 Å². The number of aromatic hydroxyl groups is 1. The number of phenols is 1. The molecular formula is C18H24N3O6. The molecule has 1 radical (unpaired) electrons. The summed E-state index contributed by atoms with van der Waals surface area (Å²) in [6.45, 7) is 4.44. The van der Waals surface area contributed by atoms with Crippen molar-refractivity contribution >= 4 is 24.2 Å². The van der Waals surface area contributed by atoms with Crippen molar-refractivity contribution in [2.24, 2.45) is 0 Å². The number of phenolic OH excluding ortho intramolecular Hbond substituents is 1. The van der Waals surface area contributed by atoms with E-state index in [0.29, 0.717) is 5.56 Å². The highest BCUT2D eigenvalue weighted by atomic mass is 16.6. The molecule has 0 aromatic heterocycles. The minimum atomic E-state index is -1.00. The molecule has 0 bridgehead atoms. The van der Waals surface area contributed by atoms with Gasteiger partial charge in [-0.3, -0.25) is 14.4 Å². The molecule has 0 aliphatic heterocycles. The zero-order chi connectivity index (χ0) is 20.4. The molecule has 27 heavy (non-hydrogen) atoms. The highest BCUT2D eigenvalue weighted by molar-refractivity contribution is 5.90. The normalized spacial score (nSPS) is 11.8. The van der Waals surface area contributed by atoms with E-state index in [2.05, 4.69) is 16.0 Å². The molecule has 0 spiro atoms. The Balaban J connectivity index is 2.77. The maximum absolute atomic E-state index is 12.4. The van der Waals surface area contributed by atoms with E-state index < -0.39 is 29.6 Å². The number of rotatable bonds is 8. The fraction of sp³-hybridized carbons (Fsp3) is 0.444. The van der Waals surface area contributed by atoms with E-state index in [4.69, 9.17) is 4.74 Å². The predicted octanol–water partition coefficient (Wildman–Crippen LogP) is 0.170. The Morgan fingerprint density at radius 1 is 1.15 bits per heavy atom. The number of benzene rings is 1. The monoisotopic (exact) mass is 378 g/mol. The van der Waals surface area contributed by atoms with Gasteiger partial charge in [-0.1, -0.05) is 12.1 Å². The Morgan fingerprint density at radius 3 is 2.33 bits per heavy atom. The Labute approximate surface area is 157 Å². The van der Waals surface area contributed by atoms with Crippen molar-refractivity contribution in [1.29, 1.82) is 0 Å². The summed E-state index contributed by atoms with van der Waals surface area (Å²) in [6.07, 6.45) is 0.849. The molecule has 4 N–H and O–H groups in total. The topological polar surface area (TPSA) is 134 Å². The summed E-state index contributed by atoms with van der Waals surface area (Å²) in [5.74, 6) is -1.09. The third-order valence-corrected chi connectivity index (χ3v) is 3.16. The molecule has 9 nitrogen and oxygen atoms in total. The molecule has 0 saturated carbocycles. The van der Waals surface area contributed by atoms with Gasteiger partial charge in [0.15, 0.2) is 0 Å². The lowest BCUT2D eigenvalue weighted by Gasteiger charge is -2.23. The molecule has 0 aliphatic rings. The second kappa shape index (κ2) is 10.1. The Morgan fingerprint density at radius 2 is 1.78 bits per heavy atom. The van der Waals surface area contributed by atoms with Gasteiger partial charge in [0, 0.05) is 6.42 Å². The van der Waals surface area contributed by atoms with Crippen LogP contribution in [0.2, 0.25) is 0 Å². The lowest BCUT2D eigenvalue weighted by Crippen LogP contribution is -2.51. The van der Waals surface area contributed by atoms with Crippen molar-refractivity contribution in [2.45, 2.75) is 38.8 Å². The molecule has 1 rings (SSSR count). The summed E-state index contributed by atoms with van der Waals surface area (Å²) < 4.78 is 5.16. The number of alkyl carbamates (subject to hydrolysis) is 1. The summed E-state index contributed by atoms with van der Waals surface area (Å²) >= 11 is 0. The fourth-order valence-corrected chi connectivity index (χ4v) is 2.01. The van der Waals surface area contributed by atoms with Gasteiger partial charge in [-0.15, -0.1) is 0 Å². The van der Waals surface area contributed by atoms with E-state index in [9.17, 15) is 24.3 Å². The lowest BCUT2D eigenvalue weighted by molar-refractivity contribution is -0.127. The van der Waals surface area contributed by atoms with Gasteiger partial charge in [0.25, 0.3) is 0 Å². The maximum Gasteiger partial charge on any atom is 0.408 e. The number of amides is 3. The van der Waals surface area contributed by atoms with Crippen molar-refractivity contribution in [3.63, 3.8) is 0 Å². The molecule has 1 atom stereocenters. The van der Waals surface area contributed by atoms with Gasteiger partial charge in [-0.2, -0.15) is 0 Å². The third kappa shape index (κ3) is 9.24. The van der Waals surface area contributed by atoms with E-state index >= 15 is 0 Å². The third-order valence-electron chi connectivity index (χ3n) is 3.16. The van der Waals surface area contributed by atoms with Crippen LogP contribution in [0.5, 0.6) is 5.75 Å². The van der Waals surface area contributed by atoms with Crippen LogP contribution in [0.25, 0.3) is 0 Å². The first-order chi connectivity index (χ1) is 12.6. The van der Waals surface area contributed by atoms with E-state index in [0.717, 1.165) is 0 Å². The van der Waals surface area contributed by atoms with Gasteiger partial charge in [0.2, 0.25) is 18.1 Å². The fourth-order valence-electron chi connectivity index (χ4n) is 2.01. The number of carbonyl (C=O) groups excluding carboxylic acids is 4. The smallest absolute Gasteiger partial charge is 0.408 e. The van der Waals surface area contributed by atoms with Crippen molar-refractivity contribution in [3.8, 4) is 5.75 Å². The zero-order valence-corrected chi connectivity index (χ0v) is 15.5. The predicted molar refractivity (Wildman–Crippen MR) is 96.7 cm³/mol. The van der Waals surface area contributed by atoms with Crippen molar-refractivity contribution in [2.75, 3.05) is 13.1 Å². The van der Waals surface area contributed by atoms with E-state index in [1.807, 2.05) is 0 Å². The van der Waals surface area contributed by atoms with Gasteiger partial charge in [-0.25, -0.2) is 4.79 Å². The van der Waals surface area contributed by atoms with Crippen molar-refractivity contribution in [1.82, 2.24) is 16.0 Å². The average molecular weight is 378 g/mol. The van der Waals surface area contributed by atoms with Gasteiger partial charge in [0.1, 0.15) is 17.4 Å². The van der Waals surface area contributed by atoms with Crippen molar-refractivity contribution < 1.29 is 29.0 Å². The van der Waals surface area contributed by atoms with Crippen LogP contribution in [-0.2, 0) is 25.5 Å². The second-order valence-electron chi connectivity index (χ2n) is 6.71. The van der Waals surface area contributed by atoms with Crippen LogP contribution in [0.1, 0.15) is 26.3 Å². The summed E-state index contributed by atoms with van der Waals surface area (Å²) in [5, 5.41) is 16.5. The highest BCUT2D eigenvalue weighted by Gasteiger charge is 2.25. The van der Waals surface area contributed by atoms with Crippen LogP contribution in [-0.4, -0.2) is 54.0 Å². The van der Waals surface area contributed by atoms with Crippen LogP contribution in [0.15, 0.2) is 24.3 Å². The molecule has 0 fully saturated rings. The molecule has 0 saturated heterocycles. The van der Waals surface area contributed by atoms with Gasteiger partial charge in [-0.05, 0) is 38.5 Å². The van der Waals surface area contributed by atoms with Gasteiger partial charge in [0.05, 0.1) is 13.1 Å². The molecule has 1 aromatic rings. The SMILES string of the molecule is CC(C)(C)OC(=O)N[C@@H](Cc1ccc(O)cc1)C(=O)NCC(=O)NC[C]=O. The first kappa shape index (κ1) is 21.9. The second-order valence-corrected chi connectivity index (χ2v) is 6.71. The number of nitrogens with one attached hydrogen (secondary N) is 3. The largest absolute Gasteiger partial charge is 0.508 e. The highest BCUT2D eigenvalue weighted by Crippen LogP contribution is 2.12. The standard InChI is InChI=1S/C18H24N3O6/c1-18(2,3)27-17(26)21-14(10-12-4-6-13(23)7-5-12)16(25)20-11-15(24)19-8-9-22/h4-7,14,23H,8,10-11H2,1-3H3,(H,19,24)(H,20,25)(H,21,26)/t14-/m0/s1. The molecular weight excluding hydrogens is 354 g/mol. The van der Waals surface area contributed by atoms with Crippen molar-refractivity contribution in [3.05, 3.63) is 29.8 Å². The lowest BCUT2D eigenvalue weighted by atomic mass is 10.1. The minimum absolute atomic E-state index is 0.0727. The number of carbonyl (C=O) groups is 3. The van der Waals surface area contributed by atoms with E-state index in [1.165, 1.54) is 18.4 Å². The molecule has 0 unspecified atom stereocenters. The molecule has 147 valence electrons. The number of hydrogen-bond acceptors (Lipinski definition) is 6. The number of ether oxygens (including phenoxy) is 1. The van der Waals surface area contributed by atoms with Crippen LogP contribution in [0.3, 0.4) is 0 Å². The molecule has 1 aromatic carbocycles. The van der Waals surface area contributed by atoms with Crippen LogP contribution in [0, 0.1) is 0 Å². The molecule has 0 aliphatic carbocycles. The zero-order valence-electron chi connectivity index (χ0n) is 15.5.